The molecular formula is C10H17N3O3S. The topological polar surface area (TPSA) is 86.3 Å². The smallest absolute Gasteiger partial charge is 0.260 e. The number of aliphatic hydroxyl groups excluding tert-OH is 1. The summed E-state index contributed by atoms with van der Waals surface area (Å²) in [6.45, 7) is 3.96. The minimum Gasteiger partial charge on any atom is -0.395 e. The number of nitrogens with zero attached hydrogens (tertiary/aromatic N) is 2. The van der Waals surface area contributed by atoms with E-state index < -0.39 is 10.0 Å². The number of nitrogens with one attached hydrogen (secondary N) is 1. The number of aryl methyl sites for hydroxylation is 1. The summed E-state index contributed by atoms with van der Waals surface area (Å²) in [6.07, 6.45) is 2.10. The Labute approximate surface area is 101 Å². The molecule has 1 aliphatic rings. The van der Waals surface area contributed by atoms with Crippen LogP contribution in [0.25, 0.3) is 0 Å². The van der Waals surface area contributed by atoms with E-state index in [4.69, 9.17) is 0 Å². The van der Waals surface area contributed by atoms with E-state index in [-0.39, 0.29) is 23.6 Å². The second-order valence-electron chi connectivity index (χ2n) is 4.46. The van der Waals surface area contributed by atoms with Gasteiger partial charge in [-0.2, -0.15) is 4.31 Å². The van der Waals surface area contributed by atoms with Gasteiger partial charge >= 0.3 is 0 Å². The van der Waals surface area contributed by atoms with Crippen molar-refractivity contribution in [1.29, 1.82) is 0 Å². The molecule has 17 heavy (non-hydrogen) atoms. The lowest BCUT2D eigenvalue weighted by atomic mass is 10.0. The van der Waals surface area contributed by atoms with Crippen LogP contribution >= 0.6 is 0 Å². The summed E-state index contributed by atoms with van der Waals surface area (Å²) in [6, 6.07) is -0.330. The molecule has 1 aromatic rings. The van der Waals surface area contributed by atoms with Crippen molar-refractivity contribution in [2.24, 2.45) is 5.92 Å². The van der Waals surface area contributed by atoms with Gasteiger partial charge < -0.3 is 10.1 Å². The second kappa shape index (κ2) is 4.40. The summed E-state index contributed by atoms with van der Waals surface area (Å²) in [5.41, 5.74) is 0. The summed E-state index contributed by atoms with van der Waals surface area (Å²) >= 11 is 0. The van der Waals surface area contributed by atoms with Gasteiger partial charge in [-0.1, -0.05) is 6.92 Å². The van der Waals surface area contributed by atoms with Crippen molar-refractivity contribution in [3.05, 3.63) is 12.0 Å². The van der Waals surface area contributed by atoms with Gasteiger partial charge in [0.15, 0.2) is 5.03 Å². The molecule has 7 heteroatoms. The number of rotatable bonds is 3. The first-order valence-electron chi connectivity index (χ1n) is 5.61. The van der Waals surface area contributed by atoms with Crippen molar-refractivity contribution in [2.45, 2.75) is 31.3 Å². The molecule has 2 heterocycles. The highest BCUT2D eigenvalue weighted by molar-refractivity contribution is 7.89. The van der Waals surface area contributed by atoms with Crippen molar-refractivity contribution < 1.29 is 13.5 Å². The lowest BCUT2D eigenvalue weighted by molar-refractivity contribution is 0.191. The van der Waals surface area contributed by atoms with Gasteiger partial charge in [0.2, 0.25) is 0 Å². The van der Waals surface area contributed by atoms with Gasteiger partial charge in [-0.15, -0.1) is 0 Å². The molecule has 6 nitrogen and oxygen atoms in total. The Kier molecular flexibility index (Phi) is 3.24. The normalized spacial score (nSPS) is 26.5. The lowest BCUT2D eigenvalue weighted by Crippen LogP contribution is -2.39. The predicted molar refractivity (Wildman–Crippen MR) is 61.9 cm³/mol. The maximum Gasteiger partial charge on any atom is 0.260 e. The molecule has 0 bridgehead atoms. The van der Waals surface area contributed by atoms with Gasteiger partial charge in [0.1, 0.15) is 5.82 Å². The molecule has 0 saturated carbocycles. The van der Waals surface area contributed by atoms with Crippen molar-refractivity contribution in [2.75, 3.05) is 13.2 Å². The number of aromatic amines is 1. The molecule has 2 rings (SSSR count). The standard InChI is InChI=1S/C10H17N3O3S/c1-7-3-4-13(9(7)6-14)17(15,16)10-5-11-8(2)12-10/h5,7,9,14H,3-4,6H2,1-2H3,(H,11,12). The van der Waals surface area contributed by atoms with E-state index in [1.807, 2.05) is 6.92 Å². The van der Waals surface area contributed by atoms with Crippen LogP contribution < -0.4 is 0 Å². The maximum atomic E-state index is 12.3. The van der Waals surface area contributed by atoms with Crippen molar-refractivity contribution >= 4 is 10.0 Å². The van der Waals surface area contributed by atoms with E-state index in [1.54, 1.807) is 6.92 Å². The maximum absolute atomic E-state index is 12.3. The highest BCUT2D eigenvalue weighted by Gasteiger charge is 2.39. The number of hydrogen-bond donors (Lipinski definition) is 2. The number of H-pyrrole nitrogens is 1. The van der Waals surface area contributed by atoms with Crippen LogP contribution in [0.5, 0.6) is 0 Å². The third-order valence-corrected chi connectivity index (χ3v) is 5.12. The molecule has 0 aliphatic carbocycles. The molecule has 2 atom stereocenters. The number of hydrogen-bond acceptors (Lipinski definition) is 4. The molecule has 0 spiro atoms. The first-order valence-corrected chi connectivity index (χ1v) is 7.05. The fourth-order valence-corrected chi connectivity index (χ4v) is 3.89. The van der Waals surface area contributed by atoms with E-state index in [0.29, 0.717) is 12.4 Å². The molecule has 0 amide bonds. The average Bonchev–Trinajstić information content (AvgIpc) is 2.84. The molecule has 1 aromatic heterocycles. The van der Waals surface area contributed by atoms with Crippen LogP contribution in [-0.2, 0) is 10.0 Å². The van der Waals surface area contributed by atoms with Crippen molar-refractivity contribution in [3.8, 4) is 0 Å². The fraction of sp³-hybridized carbons (Fsp3) is 0.700. The van der Waals surface area contributed by atoms with Crippen LogP contribution in [0.3, 0.4) is 0 Å². The molecule has 0 radical (unpaired) electrons. The highest BCUT2D eigenvalue weighted by Crippen LogP contribution is 2.29. The summed E-state index contributed by atoms with van der Waals surface area (Å²) < 4.78 is 26.0. The van der Waals surface area contributed by atoms with Gasteiger partial charge in [0.05, 0.1) is 18.8 Å². The van der Waals surface area contributed by atoms with Crippen LogP contribution in [0, 0.1) is 12.8 Å². The number of aliphatic hydroxyl groups is 1. The van der Waals surface area contributed by atoms with E-state index in [0.717, 1.165) is 6.42 Å². The largest absolute Gasteiger partial charge is 0.395 e. The van der Waals surface area contributed by atoms with Crippen LogP contribution in [-0.4, -0.2) is 47.0 Å². The Morgan fingerprint density at radius 2 is 2.35 bits per heavy atom. The summed E-state index contributed by atoms with van der Waals surface area (Å²) in [7, 11) is -3.56. The first kappa shape index (κ1) is 12.5. The predicted octanol–water partition coefficient (Wildman–Crippen LogP) is 0.110. The highest BCUT2D eigenvalue weighted by atomic mass is 32.2. The van der Waals surface area contributed by atoms with Crippen LogP contribution in [0.4, 0.5) is 0 Å². The third kappa shape index (κ3) is 2.10. The van der Waals surface area contributed by atoms with E-state index in [9.17, 15) is 13.5 Å². The Balaban J connectivity index is 2.33. The zero-order valence-electron chi connectivity index (χ0n) is 9.92. The molecular weight excluding hydrogens is 242 g/mol. The van der Waals surface area contributed by atoms with Crippen molar-refractivity contribution in [1.82, 2.24) is 14.3 Å². The van der Waals surface area contributed by atoms with Crippen molar-refractivity contribution in [3.63, 3.8) is 0 Å². The Morgan fingerprint density at radius 3 is 2.88 bits per heavy atom. The van der Waals surface area contributed by atoms with Gasteiger partial charge in [-0.3, -0.25) is 0 Å². The Hall–Kier alpha value is -0.920. The Bertz CT molecular complexity index is 497. The van der Waals surface area contributed by atoms with E-state index in [1.165, 1.54) is 10.5 Å². The summed E-state index contributed by atoms with van der Waals surface area (Å²) in [5, 5.41) is 9.39. The molecule has 1 fully saturated rings. The first-order chi connectivity index (χ1) is 7.96. The van der Waals surface area contributed by atoms with Gasteiger partial charge in [0.25, 0.3) is 10.0 Å². The van der Waals surface area contributed by atoms with Gasteiger partial charge in [0, 0.05) is 6.54 Å². The molecule has 1 aliphatic heterocycles. The van der Waals surface area contributed by atoms with Gasteiger partial charge in [-0.05, 0) is 19.3 Å². The minimum atomic E-state index is -3.56. The second-order valence-corrected chi connectivity index (χ2v) is 6.32. The summed E-state index contributed by atoms with van der Waals surface area (Å²) in [5.74, 6) is 0.746. The zero-order valence-corrected chi connectivity index (χ0v) is 10.7. The van der Waals surface area contributed by atoms with Gasteiger partial charge in [-0.25, -0.2) is 13.4 Å². The zero-order chi connectivity index (χ0) is 12.6. The summed E-state index contributed by atoms with van der Waals surface area (Å²) in [4.78, 5) is 6.63. The number of sulfonamides is 1. The number of aromatic nitrogens is 2. The molecule has 2 N–H and O–H groups in total. The number of imidazole rings is 1. The SMILES string of the molecule is Cc1ncc(S(=O)(=O)N2CCC(C)C2CO)[nH]1. The van der Waals surface area contributed by atoms with Crippen LogP contribution in [0.15, 0.2) is 11.2 Å². The minimum absolute atomic E-state index is 0.0996. The third-order valence-electron chi connectivity index (χ3n) is 3.28. The molecule has 2 unspecified atom stereocenters. The van der Waals surface area contributed by atoms with Crippen LogP contribution in [0.2, 0.25) is 0 Å². The average molecular weight is 259 g/mol. The van der Waals surface area contributed by atoms with E-state index >= 15 is 0 Å². The fourth-order valence-electron chi connectivity index (χ4n) is 2.20. The van der Waals surface area contributed by atoms with Crippen LogP contribution in [0.1, 0.15) is 19.2 Å². The molecule has 0 aromatic carbocycles. The molecule has 1 saturated heterocycles. The Morgan fingerprint density at radius 1 is 1.65 bits per heavy atom. The van der Waals surface area contributed by atoms with E-state index in [2.05, 4.69) is 9.97 Å². The quantitative estimate of drug-likeness (QED) is 0.806. The monoisotopic (exact) mass is 259 g/mol. The molecule has 96 valence electrons. The lowest BCUT2D eigenvalue weighted by Gasteiger charge is -2.23.